The second kappa shape index (κ2) is 9.25. The summed E-state index contributed by atoms with van der Waals surface area (Å²) in [6, 6.07) is 10.1. The van der Waals surface area contributed by atoms with Gasteiger partial charge in [0.05, 0.1) is 25.4 Å². The Morgan fingerprint density at radius 3 is 2.69 bits per heavy atom. The number of ether oxygens (including phenoxy) is 2. The molecule has 0 atom stereocenters. The topological polar surface area (TPSA) is 18.5 Å². The molecule has 1 aromatic rings. The fraction of sp³-hybridized carbons (Fsp3) is 0.385. The standard InChI is InChI=1S/C13H17ClO2/c14-8-11-15-9-4-5-10-16-12-13-6-2-1-3-7-13/h1-4,6-7,9H,5,8,10-12H2/b9-4+. The van der Waals surface area contributed by atoms with Crippen molar-refractivity contribution in [2.24, 2.45) is 0 Å². The summed E-state index contributed by atoms with van der Waals surface area (Å²) in [6.07, 6.45) is 4.47. The van der Waals surface area contributed by atoms with Crippen LogP contribution in [0.25, 0.3) is 0 Å². The van der Waals surface area contributed by atoms with E-state index in [1.54, 1.807) is 6.26 Å². The average molecular weight is 241 g/mol. The van der Waals surface area contributed by atoms with E-state index in [4.69, 9.17) is 21.1 Å². The van der Waals surface area contributed by atoms with E-state index in [0.29, 0.717) is 25.7 Å². The average Bonchev–Trinajstić information content (AvgIpc) is 2.34. The summed E-state index contributed by atoms with van der Waals surface area (Å²) in [4.78, 5) is 0. The summed E-state index contributed by atoms with van der Waals surface area (Å²) >= 11 is 5.45. The zero-order chi connectivity index (χ0) is 11.5. The van der Waals surface area contributed by atoms with E-state index >= 15 is 0 Å². The summed E-state index contributed by atoms with van der Waals surface area (Å²) in [6.45, 7) is 1.93. The molecule has 1 rings (SSSR count). The second-order valence-corrected chi connectivity index (χ2v) is 3.64. The maximum atomic E-state index is 5.49. The van der Waals surface area contributed by atoms with Crippen LogP contribution in [0, 0.1) is 0 Å². The molecule has 3 heteroatoms. The lowest BCUT2D eigenvalue weighted by Crippen LogP contribution is -1.94. The largest absolute Gasteiger partial charge is 0.500 e. The van der Waals surface area contributed by atoms with Crippen LogP contribution in [0.2, 0.25) is 0 Å². The van der Waals surface area contributed by atoms with Gasteiger partial charge >= 0.3 is 0 Å². The summed E-state index contributed by atoms with van der Waals surface area (Å²) < 4.78 is 10.6. The second-order valence-electron chi connectivity index (χ2n) is 3.26. The molecule has 0 saturated carbocycles. The summed E-state index contributed by atoms with van der Waals surface area (Å²) in [5, 5.41) is 0. The number of hydrogen-bond donors (Lipinski definition) is 0. The third kappa shape index (κ3) is 6.49. The number of hydrogen-bond acceptors (Lipinski definition) is 2. The van der Waals surface area contributed by atoms with E-state index in [-0.39, 0.29) is 0 Å². The smallest absolute Gasteiger partial charge is 0.101 e. The van der Waals surface area contributed by atoms with Crippen LogP contribution in [0.4, 0.5) is 0 Å². The Bertz CT molecular complexity index is 285. The van der Waals surface area contributed by atoms with Gasteiger partial charge in [0, 0.05) is 0 Å². The fourth-order valence-corrected chi connectivity index (χ4v) is 1.25. The third-order valence-electron chi connectivity index (χ3n) is 1.93. The van der Waals surface area contributed by atoms with Gasteiger partial charge in [0.25, 0.3) is 0 Å². The van der Waals surface area contributed by atoms with Crippen molar-refractivity contribution < 1.29 is 9.47 Å². The Labute approximate surface area is 102 Å². The Balaban J connectivity index is 1.98. The van der Waals surface area contributed by atoms with Gasteiger partial charge in [0.2, 0.25) is 0 Å². The molecule has 0 aromatic heterocycles. The third-order valence-corrected chi connectivity index (χ3v) is 2.08. The lowest BCUT2D eigenvalue weighted by Gasteiger charge is -2.02. The Hall–Kier alpha value is -0.990. The highest BCUT2D eigenvalue weighted by Crippen LogP contribution is 2.00. The van der Waals surface area contributed by atoms with Gasteiger partial charge in [-0.05, 0) is 18.1 Å². The van der Waals surface area contributed by atoms with Crippen molar-refractivity contribution in [1.29, 1.82) is 0 Å². The molecule has 0 aliphatic rings. The molecule has 0 bridgehead atoms. The van der Waals surface area contributed by atoms with Crippen LogP contribution in [-0.4, -0.2) is 19.1 Å². The highest BCUT2D eigenvalue weighted by Gasteiger charge is 1.90. The predicted molar refractivity (Wildman–Crippen MR) is 66.5 cm³/mol. The Morgan fingerprint density at radius 2 is 1.94 bits per heavy atom. The first-order valence-electron chi connectivity index (χ1n) is 5.37. The minimum Gasteiger partial charge on any atom is -0.500 e. The molecule has 0 heterocycles. The number of rotatable bonds is 8. The monoisotopic (exact) mass is 240 g/mol. The van der Waals surface area contributed by atoms with Crippen LogP contribution in [0.3, 0.4) is 0 Å². The van der Waals surface area contributed by atoms with Crippen LogP contribution in [0.15, 0.2) is 42.7 Å². The van der Waals surface area contributed by atoms with Crippen molar-refractivity contribution in [1.82, 2.24) is 0 Å². The SMILES string of the molecule is ClCCO/C=C/CCOCc1ccccc1. The number of alkyl halides is 1. The predicted octanol–water partition coefficient (Wildman–Crippen LogP) is 3.36. The zero-order valence-corrected chi connectivity index (χ0v) is 10.0. The van der Waals surface area contributed by atoms with Gasteiger partial charge in [-0.1, -0.05) is 30.3 Å². The number of benzene rings is 1. The summed E-state index contributed by atoms with van der Waals surface area (Å²) in [7, 11) is 0. The van der Waals surface area contributed by atoms with Crippen LogP contribution in [0.1, 0.15) is 12.0 Å². The van der Waals surface area contributed by atoms with E-state index in [0.717, 1.165) is 6.42 Å². The molecule has 0 aliphatic heterocycles. The number of halogens is 1. The molecule has 16 heavy (non-hydrogen) atoms. The molecular weight excluding hydrogens is 224 g/mol. The van der Waals surface area contributed by atoms with Crippen molar-refractivity contribution >= 4 is 11.6 Å². The molecule has 0 radical (unpaired) electrons. The lowest BCUT2D eigenvalue weighted by atomic mass is 10.2. The Kier molecular flexibility index (Phi) is 7.56. The van der Waals surface area contributed by atoms with E-state index in [1.165, 1.54) is 5.56 Å². The van der Waals surface area contributed by atoms with Crippen LogP contribution >= 0.6 is 11.6 Å². The molecular formula is C13H17ClO2. The van der Waals surface area contributed by atoms with E-state index in [9.17, 15) is 0 Å². The van der Waals surface area contributed by atoms with Gasteiger partial charge in [-0.2, -0.15) is 0 Å². The highest BCUT2D eigenvalue weighted by molar-refractivity contribution is 6.17. The zero-order valence-electron chi connectivity index (χ0n) is 9.27. The van der Waals surface area contributed by atoms with Gasteiger partial charge in [-0.15, -0.1) is 11.6 Å². The first kappa shape index (κ1) is 13.1. The van der Waals surface area contributed by atoms with Crippen molar-refractivity contribution in [3.8, 4) is 0 Å². The van der Waals surface area contributed by atoms with Crippen molar-refractivity contribution in [3.05, 3.63) is 48.2 Å². The minimum absolute atomic E-state index is 0.523. The normalized spacial score (nSPS) is 10.8. The molecule has 0 fully saturated rings. The lowest BCUT2D eigenvalue weighted by molar-refractivity contribution is 0.124. The fourth-order valence-electron chi connectivity index (χ4n) is 1.16. The van der Waals surface area contributed by atoms with Gasteiger partial charge in [-0.25, -0.2) is 0 Å². The van der Waals surface area contributed by atoms with Crippen LogP contribution in [-0.2, 0) is 16.1 Å². The quantitative estimate of drug-likeness (QED) is 0.394. The van der Waals surface area contributed by atoms with Gasteiger partial charge in [-0.3, -0.25) is 0 Å². The molecule has 88 valence electrons. The molecule has 0 amide bonds. The van der Waals surface area contributed by atoms with E-state index in [2.05, 4.69) is 12.1 Å². The summed E-state index contributed by atoms with van der Waals surface area (Å²) in [5.74, 6) is 0.523. The summed E-state index contributed by atoms with van der Waals surface area (Å²) in [5.41, 5.74) is 1.20. The molecule has 0 N–H and O–H groups in total. The van der Waals surface area contributed by atoms with Crippen molar-refractivity contribution in [2.45, 2.75) is 13.0 Å². The van der Waals surface area contributed by atoms with Crippen molar-refractivity contribution in [2.75, 3.05) is 19.1 Å². The minimum atomic E-state index is 0.523. The molecule has 1 aromatic carbocycles. The van der Waals surface area contributed by atoms with E-state index in [1.807, 2.05) is 24.3 Å². The van der Waals surface area contributed by atoms with E-state index < -0.39 is 0 Å². The molecule has 0 aliphatic carbocycles. The highest BCUT2D eigenvalue weighted by atomic mass is 35.5. The first-order chi connectivity index (χ1) is 7.93. The van der Waals surface area contributed by atoms with Gasteiger partial charge < -0.3 is 9.47 Å². The van der Waals surface area contributed by atoms with Crippen LogP contribution in [0.5, 0.6) is 0 Å². The molecule has 0 unspecified atom stereocenters. The van der Waals surface area contributed by atoms with Gasteiger partial charge in [0.15, 0.2) is 0 Å². The maximum absolute atomic E-state index is 5.49. The molecule has 2 nitrogen and oxygen atoms in total. The van der Waals surface area contributed by atoms with Crippen LogP contribution < -0.4 is 0 Å². The Morgan fingerprint density at radius 1 is 1.12 bits per heavy atom. The van der Waals surface area contributed by atoms with Crippen molar-refractivity contribution in [3.63, 3.8) is 0 Å². The van der Waals surface area contributed by atoms with Gasteiger partial charge in [0.1, 0.15) is 6.61 Å². The first-order valence-corrected chi connectivity index (χ1v) is 5.91. The maximum Gasteiger partial charge on any atom is 0.101 e. The molecule has 0 saturated heterocycles. The molecule has 0 spiro atoms.